The van der Waals surface area contributed by atoms with Gasteiger partial charge in [-0.05, 0) is 52.3 Å². The Kier molecular flexibility index (Phi) is 3.95. The smallest absolute Gasteiger partial charge is 0.193 e. The van der Waals surface area contributed by atoms with Crippen molar-refractivity contribution in [2.75, 3.05) is 7.11 Å². The summed E-state index contributed by atoms with van der Waals surface area (Å²) in [6, 6.07) is 7.78. The highest BCUT2D eigenvalue weighted by Crippen LogP contribution is 2.22. The van der Waals surface area contributed by atoms with E-state index in [0.29, 0.717) is 5.56 Å². The molecule has 19 heavy (non-hydrogen) atoms. The molecule has 0 saturated heterocycles. The van der Waals surface area contributed by atoms with E-state index in [0.717, 1.165) is 6.07 Å². The first-order valence-corrected chi connectivity index (χ1v) is 6.15. The second-order valence-electron chi connectivity index (χ2n) is 3.81. The average molecular weight is 327 g/mol. The van der Waals surface area contributed by atoms with Crippen molar-refractivity contribution in [2.45, 2.75) is 0 Å². The highest BCUT2D eigenvalue weighted by atomic mass is 79.9. The molecule has 0 N–H and O–H groups in total. The van der Waals surface area contributed by atoms with Crippen LogP contribution in [0.5, 0.6) is 5.75 Å². The quantitative estimate of drug-likeness (QED) is 0.798. The summed E-state index contributed by atoms with van der Waals surface area (Å²) in [5.41, 5.74) is 0.582. The lowest BCUT2D eigenvalue weighted by molar-refractivity contribution is 0.103. The third kappa shape index (κ3) is 2.81. The van der Waals surface area contributed by atoms with Crippen molar-refractivity contribution in [1.29, 1.82) is 0 Å². The molecule has 0 saturated carbocycles. The third-order valence-corrected chi connectivity index (χ3v) is 3.20. The Bertz CT molecular complexity index is 641. The van der Waals surface area contributed by atoms with E-state index < -0.39 is 11.6 Å². The summed E-state index contributed by atoms with van der Waals surface area (Å²) in [7, 11) is 1.32. The lowest BCUT2D eigenvalue weighted by Gasteiger charge is -2.06. The highest BCUT2D eigenvalue weighted by Gasteiger charge is 2.13. The van der Waals surface area contributed by atoms with Crippen molar-refractivity contribution in [1.82, 2.24) is 0 Å². The predicted octanol–water partition coefficient (Wildman–Crippen LogP) is 3.97. The van der Waals surface area contributed by atoms with Crippen molar-refractivity contribution in [3.63, 3.8) is 0 Å². The molecule has 0 atom stereocenters. The Morgan fingerprint density at radius 1 is 1.05 bits per heavy atom. The Hall–Kier alpha value is -1.75. The zero-order valence-corrected chi connectivity index (χ0v) is 11.5. The van der Waals surface area contributed by atoms with E-state index in [1.165, 1.54) is 37.4 Å². The first kappa shape index (κ1) is 13.7. The number of rotatable bonds is 3. The van der Waals surface area contributed by atoms with Crippen molar-refractivity contribution < 1.29 is 18.3 Å². The maximum atomic E-state index is 13.3. The molecule has 2 aromatic rings. The van der Waals surface area contributed by atoms with Gasteiger partial charge in [-0.2, -0.15) is 0 Å². The summed E-state index contributed by atoms with van der Waals surface area (Å²) in [6.45, 7) is 0. The molecule has 0 unspecified atom stereocenters. The minimum atomic E-state index is -0.542. The molecule has 2 nitrogen and oxygen atoms in total. The second-order valence-corrected chi connectivity index (χ2v) is 4.66. The van der Waals surface area contributed by atoms with Crippen LogP contribution in [0.2, 0.25) is 0 Å². The molecule has 0 spiro atoms. The molecular weight excluding hydrogens is 318 g/mol. The van der Waals surface area contributed by atoms with Crippen LogP contribution in [0.4, 0.5) is 8.78 Å². The lowest BCUT2D eigenvalue weighted by atomic mass is 10.0. The minimum Gasteiger partial charge on any atom is -0.494 e. The summed E-state index contributed by atoms with van der Waals surface area (Å²) in [5.74, 6) is -1.33. The fourth-order valence-electron chi connectivity index (χ4n) is 1.61. The van der Waals surface area contributed by atoms with Crippen LogP contribution in [0.25, 0.3) is 0 Å². The fraction of sp³-hybridized carbons (Fsp3) is 0.0714. The average Bonchev–Trinajstić information content (AvgIpc) is 2.41. The molecule has 0 aliphatic carbocycles. The number of methoxy groups -OCH3 is 1. The summed E-state index contributed by atoms with van der Waals surface area (Å²) in [5, 5.41) is 0. The maximum absolute atomic E-state index is 13.3. The van der Waals surface area contributed by atoms with Crippen molar-refractivity contribution >= 4 is 21.7 Å². The van der Waals surface area contributed by atoms with E-state index in [-0.39, 0.29) is 21.6 Å². The van der Waals surface area contributed by atoms with Gasteiger partial charge < -0.3 is 4.74 Å². The van der Waals surface area contributed by atoms with Crippen LogP contribution in [-0.2, 0) is 0 Å². The summed E-state index contributed by atoms with van der Waals surface area (Å²) in [6.07, 6.45) is 0. The maximum Gasteiger partial charge on any atom is 0.193 e. The van der Waals surface area contributed by atoms with Crippen molar-refractivity contribution in [3.8, 4) is 5.75 Å². The van der Waals surface area contributed by atoms with Crippen LogP contribution in [0, 0.1) is 11.6 Å². The second kappa shape index (κ2) is 5.48. The van der Waals surface area contributed by atoms with E-state index in [1.807, 2.05) is 0 Å². The zero-order chi connectivity index (χ0) is 14.0. The van der Waals surface area contributed by atoms with Crippen LogP contribution in [0.1, 0.15) is 15.9 Å². The molecule has 0 aliphatic heterocycles. The van der Waals surface area contributed by atoms with Crippen LogP contribution < -0.4 is 4.74 Å². The number of ketones is 1. The van der Waals surface area contributed by atoms with E-state index in [2.05, 4.69) is 15.9 Å². The number of carbonyl (C=O) groups excluding carboxylic acids is 1. The highest BCUT2D eigenvalue weighted by molar-refractivity contribution is 9.10. The van der Waals surface area contributed by atoms with E-state index in [4.69, 9.17) is 4.74 Å². The molecule has 0 radical (unpaired) electrons. The molecule has 0 fully saturated rings. The molecule has 0 amide bonds. The first-order chi connectivity index (χ1) is 9.02. The fourth-order valence-corrected chi connectivity index (χ4v) is 1.98. The molecule has 0 aliphatic rings. The van der Waals surface area contributed by atoms with Crippen molar-refractivity contribution in [3.05, 3.63) is 63.6 Å². The van der Waals surface area contributed by atoms with Gasteiger partial charge in [-0.25, -0.2) is 8.78 Å². The van der Waals surface area contributed by atoms with Gasteiger partial charge in [0, 0.05) is 11.1 Å². The topological polar surface area (TPSA) is 26.3 Å². The number of carbonyl (C=O) groups is 1. The molecule has 0 bridgehead atoms. The van der Waals surface area contributed by atoms with Crippen LogP contribution in [0.15, 0.2) is 40.9 Å². The largest absolute Gasteiger partial charge is 0.494 e. The van der Waals surface area contributed by atoms with Gasteiger partial charge in [0.25, 0.3) is 0 Å². The van der Waals surface area contributed by atoms with Gasteiger partial charge in [0.15, 0.2) is 17.3 Å². The van der Waals surface area contributed by atoms with E-state index in [9.17, 15) is 13.6 Å². The Morgan fingerprint density at radius 3 is 2.21 bits per heavy atom. The molecule has 2 aromatic carbocycles. The number of hydrogen-bond acceptors (Lipinski definition) is 2. The molecule has 2 rings (SSSR count). The van der Waals surface area contributed by atoms with E-state index >= 15 is 0 Å². The number of benzene rings is 2. The lowest BCUT2D eigenvalue weighted by Crippen LogP contribution is -2.03. The van der Waals surface area contributed by atoms with Gasteiger partial charge in [0.1, 0.15) is 5.82 Å². The SMILES string of the molecule is COc1cc(C(=O)c2ccc(F)c(Br)c2)ccc1F. The monoisotopic (exact) mass is 326 g/mol. The standard InChI is InChI=1S/C14H9BrF2O2/c1-19-13-7-9(3-5-12(13)17)14(18)8-2-4-11(16)10(15)6-8/h2-7H,1H3. The summed E-state index contributed by atoms with van der Waals surface area (Å²) in [4.78, 5) is 12.2. The van der Waals surface area contributed by atoms with Crippen molar-refractivity contribution in [2.24, 2.45) is 0 Å². The molecular formula is C14H9BrF2O2. The Morgan fingerprint density at radius 2 is 1.63 bits per heavy atom. The Balaban J connectivity index is 2.41. The summed E-state index contributed by atoms with van der Waals surface area (Å²) < 4.78 is 31.4. The van der Waals surface area contributed by atoms with Crippen LogP contribution in [0.3, 0.4) is 0 Å². The zero-order valence-electron chi connectivity index (χ0n) is 9.91. The van der Waals surface area contributed by atoms with Gasteiger partial charge in [0.2, 0.25) is 0 Å². The molecule has 0 heterocycles. The predicted molar refractivity (Wildman–Crippen MR) is 70.5 cm³/mol. The normalized spacial score (nSPS) is 10.3. The molecule has 0 aromatic heterocycles. The number of ether oxygens (including phenoxy) is 1. The molecule has 5 heteroatoms. The van der Waals surface area contributed by atoms with E-state index in [1.54, 1.807) is 0 Å². The minimum absolute atomic E-state index is 0.00738. The Labute approximate surface area is 117 Å². The van der Waals surface area contributed by atoms with Gasteiger partial charge in [0.05, 0.1) is 11.6 Å². The van der Waals surface area contributed by atoms with Gasteiger partial charge >= 0.3 is 0 Å². The summed E-state index contributed by atoms with van der Waals surface area (Å²) >= 11 is 3.01. The number of halogens is 3. The molecule has 98 valence electrons. The third-order valence-electron chi connectivity index (χ3n) is 2.60. The van der Waals surface area contributed by atoms with Gasteiger partial charge in [-0.3, -0.25) is 4.79 Å². The first-order valence-electron chi connectivity index (χ1n) is 5.36. The van der Waals surface area contributed by atoms with Crippen LogP contribution >= 0.6 is 15.9 Å². The van der Waals surface area contributed by atoms with Crippen LogP contribution in [-0.4, -0.2) is 12.9 Å². The van der Waals surface area contributed by atoms with Gasteiger partial charge in [-0.15, -0.1) is 0 Å². The number of hydrogen-bond donors (Lipinski definition) is 0. The van der Waals surface area contributed by atoms with Gasteiger partial charge in [-0.1, -0.05) is 0 Å².